The van der Waals surface area contributed by atoms with Crippen molar-refractivity contribution >= 4 is 6.47 Å². The van der Waals surface area contributed by atoms with Crippen molar-refractivity contribution in [2.24, 2.45) is 0 Å². The number of ether oxygens (including phenoxy) is 2. The van der Waals surface area contributed by atoms with Crippen molar-refractivity contribution < 1.29 is 19.4 Å². The molecular weight excluding hydrogens is 196 g/mol. The van der Waals surface area contributed by atoms with E-state index in [0.29, 0.717) is 12.2 Å². The Morgan fingerprint density at radius 1 is 1.53 bits per heavy atom. The summed E-state index contributed by atoms with van der Waals surface area (Å²) in [4.78, 5) is 10.2. The number of hydrogen-bond acceptors (Lipinski definition) is 4. The van der Waals surface area contributed by atoms with E-state index in [4.69, 9.17) is 4.74 Å². The Morgan fingerprint density at radius 3 is 2.80 bits per heavy atom. The van der Waals surface area contributed by atoms with Gasteiger partial charge < -0.3 is 14.6 Å². The summed E-state index contributed by atoms with van der Waals surface area (Å²) in [6, 6.07) is 3.18. The van der Waals surface area contributed by atoms with Gasteiger partial charge in [-0.15, -0.1) is 6.58 Å². The molecular formula is C11H12O4. The second kappa shape index (κ2) is 5.05. The Hall–Kier alpha value is -1.97. The molecule has 0 aliphatic carbocycles. The van der Waals surface area contributed by atoms with E-state index in [0.717, 1.165) is 5.56 Å². The van der Waals surface area contributed by atoms with Crippen LogP contribution in [0.3, 0.4) is 0 Å². The predicted molar refractivity (Wildman–Crippen MR) is 55.3 cm³/mol. The van der Waals surface area contributed by atoms with E-state index in [2.05, 4.69) is 11.3 Å². The van der Waals surface area contributed by atoms with Crippen LogP contribution < -0.4 is 9.47 Å². The minimum atomic E-state index is -0.127. The Balaban J connectivity index is 3.16. The van der Waals surface area contributed by atoms with Crippen LogP contribution in [0.2, 0.25) is 0 Å². The summed E-state index contributed by atoms with van der Waals surface area (Å²) in [6.45, 7) is 3.83. The standard InChI is InChI=1S/C11H12O4/c1-3-4-8-5-9(13)11(15-7-12)10(6-8)14-2/h3,5-7,13H,1,4H2,2H3. The fourth-order valence-electron chi connectivity index (χ4n) is 1.25. The molecule has 15 heavy (non-hydrogen) atoms. The largest absolute Gasteiger partial charge is 0.504 e. The van der Waals surface area contributed by atoms with Crippen LogP contribution in [0.25, 0.3) is 0 Å². The van der Waals surface area contributed by atoms with E-state index in [-0.39, 0.29) is 18.0 Å². The molecule has 0 aromatic heterocycles. The maximum absolute atomic E-state index is 10.2. The fraction of sp³-hybridized carbons (Fsp3) is 0.182. The minimum Gasteiger partial charge on any atom is -0.504 e. The Bertz CT molecular complexity index is 371. The smallest absolute Gasteiger partial charge is 0.298 e. The lowest BCUT2D eigenvalue weighted by atomic mass is 10.1. The molecule has 0 saturated carbocycles. The zero-order valence-electron chi connectivity index (χ0n) is 8.40. The number of phenols is 1. The molecule has 0 atom stereocenters. The number of aromatic hydroxyl groups is 1. The summed E-state index contributed by atoms with van der Waals surface area (Å²) in [5.74, 6) is 0.220. The van der Waals surface area contributed by atoms with Gasteiger partial charge >= 0.3 is 0 Å². The van der Waals surface area contributed by atoms with E-state index in [1.165, 1.54) is 13.2 Å². The molecule has 1 rings (SSSR count). The van der Waals surface area contributed by atoms with Gasteiger partial charge in [0.05, 0.1) is 7.11 Å². The van der Waals surface area contributed by atoms with Crippen molar-refractivity contribution in [2.45, 2.75) is 6.42 Å². The highest BCUT2D eigenvalue weighted by molar-refractivity contribution is 5.58. The molecule has 4 nitrogen and oxygen atoms in total. The first-order valence-electron chi connectivity index (χ1n) is 4.34. The summed E-state index contributed by atoms with van der Waals surface area (Å²) >= 11 is 0. The molecule has 0 bridgehead atoms. The first kappa shape index (κ1) is 11.1. The van der Waals surface area contributed by atoms with Crippen LogP contribution in [0.5, 0.6) is 17.2 Å². The molecule has 1 N–H and O–H groups in total. The zero-order valence-corrected chi connectivity index (χ0v) is 8.40. The highest BCUT2D eigenvalue weighted by atomic mass is 16.5. The Labute approximate surface area is 87.7 Å². The number of carbonyl (C=O) groups excluding carboxylic acids is 1. The second-order valence-electron chi connectivity index (χ2n) is 2.85. The van der Waals surface area contributed by atoms with Crippen molar-refractivity contribution in [2.75, 3.05) is 7.11 Å². The lowest BCUT2D eigenvalue weighted by molar-refractivity contribution is -0.120. The molecule has 0 spiro atoms. The van der Waals surface area contributed by atoms with Gasteiger partial charge in [-0.2, -0.15) is 0 Å². The Kier molecular flexibility index (Phi) is 3.74. The number of allylic oxidation sites excluding steroid dienone is 1. The van der Waals surface area contributed by atoms with E-state index in [1.54, 1.807) is 12.1 Å². The van der Waals surface area contributed by atoms with Crippen molar-refractivity contribution in [1.29, 1.82) is 0 Å². The predicted octanol–water partition coefficient (Wildman–Crippen LogP) is 1.66. The van der Waals surface area contributed by atoms with Gasteiger partial charge in [0.1, 0.15) is 0 Å². The van der Waals surface area contributed by atoms with Crippen molar-refractivity contribution in [1.82, 2.24) is 0 Å². The van der Waals surface area contributed by atoms with Gasteiger partial charge in [-0.1, -0.05) is 6.08 Å². The average Bonchev–Trinajstić information content (AvgIpc) is 2.22. The van der Waals surface area contributed by atoms with Gasteiger partial charge in [-0.3, -0.25) is 4.79 Å². The van der Waals surface area contributed by atoms with Gasteiger partial charge in [0, 0.05) is 0 Å². The average molecular weight is 208 g/mol. The topological polar surface area (TPSA) is 55.8 Å². The van der Waals surface area contributed by atoms with E-state index in [1.807, 2.05) is 0 Å². The number of phenolic OH excluding ortho intramolecular Hbond substituents is 1. The molecule has 0 radical (unpaired) electrons. The third-order valence-electron chi connectivity index (χ3n) is 1.86. The number of methoxy groups -OCH3 is 1. The molecule has 0 saturated heterocycles. The first-order valence-corrected chi connectivity index (χ1v) is 4.34. The highest BCUT2D eigenvalue weighted by Gasteiger charge is 2.11. The van der Waals surface area contributed by atoms with Gasteiger partial charge in [0.25, 0.3) is 6.47 Å². The molecule has 0 unspecified atom stereocenters. The van der Waals surface area contributed by atoms with E-state index < -0.39 is 0 Å². The summed E-state index contributed by atoms with van der Waals surface area (Å²) in [6.07, 6.45) is 2.31. The molecule has 0 aliphatic heterocycles. The quantitative estimate of drug-likeness (QED) is 0.590. The third-order valence-corrected chi connectivity index (χ3v) is 1.86. The van der Waals surface area contributed by atoms with Crippen LogP contribution in [0.1, 0.15) is 5.56 Å². The second-order valence-corrected chi connectivity index (χ2v) is 2.85. The third kappa shape index (κ3) is 2.49. The van der Waals surface area contributed by atoms with Crippen LogP contribution in [-0.2, 0) is 11.2 Å². The zero-order chi connectivity index (χ0) is 11.3. The molecule has 80 valence electrons. The molecule has 0 amide bonds. The molecule has 4 heteroatoms. The van der Waals surface area contributed by atoms with Gasteiger partial charge in [-0.05, 0) is 24.1 Å². The van der Waals surface area contributed by atoms with E-state index in [9.17, 15) is 9.90 Å². The molecule has 0 aliphatic rings. The first-order chi connectivity index (χ1) is 7.22. The number of carbonyl (C=O) groups is 1. The van der Waals surface area contributed by atoms with Crippen LogP contribution in [0, 0.1) is 0 Å². The van der Waals surface area contributed by atoms with Crippen LogP contribution >= 0.6 is 0 Å². The summed E-state index contributed by atoms with van der Waals surface area (Å²) < 4.78 is 9.60. The number of hydrogen-bond donors (Lipinski definition) is 1. The van der Waals surface area contributed by atoms with Gasteiger partial charge in [0.15, 0.2) is 11.5 Å². The van der Waals surface area contributed by atoms with Crippen LogP contribution in [-0.4, -0.2) is 18.7 Å². The van der Waals surface area contributed by atoms with Crippen molar-refractivity contribution in [3.63, 3.8) is 0 Å². The van der Waals surface area contributed by atoms with Gasteiger partial charge in [0.2, 0.25) is 5.75 Å². The minimum absolute atomic E-state index is 0.0281. The fourth-order valence-corrected chi connectivity index (χ4v) is 1.25. The molecule has 1 aromatic carbocycles. The summed E-state index contributed by atoms with van der Waals surface area (Å²) in [5.41, 5.74) is 0.831. The summed E-state index contributed by atoms with van der Waals surface area (Å²) in [7, 11) is 1.43. The number of rotatable bonds is 5. The van der Waals surface area contributed by atoms with Crippen LogP contribution in [0.4, 0.5) is 0 Å². The maximum Gasteiger partial charge on any atom is 0.298 e. The lowest BCUT2D eigenvalue weighted by Gasteiger charge is -2.09. The van der Waals surface area contributed by atoms with Crippen molar-refractivity contribution in [3.8, 4) is 17.2 Å². The van der Waals surface area contributed by atoms with E-state index >= 15 is 0 Å². The van der Waals surface area contributed by atoms with Crippen LogP contribution in [0.15, 0.2) is 24.8 Å². The Morgan fingerprint density at radius 2 is 2.27 bits per heavy atom. The van der Waals surface area contributed by atoms with Gasteiger partial charge in [-0.25, -0.2) is 0 Å². The molecule has 1 aromatic rings. The monoisotopic (exact) mass is 208 g/mol. The molecule has 0 heterocycles. The number of benzene rings is 1. The SMILES string of the molecule is C=CCc1cc(O)c(OC=O)c(OC)c1. The normalized spacial score (nSPS) is 9.40. The lowest BCUT2D eigenvalue weighted by Crippen LogP contribution is -1.95. The van der Waals surface area contributed by atoms with Crippen molar-refractivity contribution in [3.05, 3.63) is 30.4 Å². The maximum atomic E-state index is 10.2. The molecule has 0 fully saturated rings. The highest BCUT2D eigenvalue weighted by Crippen LogP contribution is 2.37. The summed E-state index contributed by atoms with van der Waals surface area (Å²) in [5, 5.41) is 9.56.